The number of ether oxygens (including phenoxy) is 1. The fourth-order valence-corrected chi connectivity index (χ4v) is 6.45. The van der Waals surface area contributed by atoms with Gasteiger partial charge in [0.25, 0.3) is 5.91 Å². The number of nitrogens with zero attached hydrogens (tertiary/aromatic N) is 2. The quantitative estimate of drug-likeness (QED) is 0.320. The van der Waals surface area contributed by atoms with Crippen molar-refractivity contribution in [3.63, 3.8) is 0 Å². The molecule has 1 aliphatic carbocycles. The highest BCUT2D eigenvalue weighted by atomic mass is 33.5. The number of carbonyl (C=O) groups excluding carboxylic acids is 1. The van der Waals surface area contributed by atoms with Crippen LogP contribution in [0.15, 0.2) is 36.5 Å². The molecule has 3 aromatic rings. The Morgan fingerprint density at radius 1 is 1.19 bits per heavy atom. The monoisotopic (exact) mass is 481 g/mol. The van der Waals surface area contributed by atoms with E-state index in [1.165, 1.54) is 23.0 Å². The minimum Gasteiger partial charge on any atom is -0.494 e. The van der Waals surface area contributed by atoms with E-state index >= 15 is 0 Å². The van der Waals surface area contributed by atoms with Crippen LogP contribution in [-0.2, 0) is 0 Å². The van der Waals surface area contributed by atoms with Crippen molar-refractivity contribution in [3.8, 4) is 5.75 Å². The van der Waals surface area contributed by atoms with Gasteiger partial charge < -0.3 is 10.1 Å². The summed E-state index contributed by atoms with van der Waals surface area (Å²) in [5, 5.41) is 8.94. The summed E-state index contributed by atoms with van der Waals surface area (Å²) >= 11 is 4.23. The molecule has 1 N–H and O–H groups in total. The average Bonchev–Trinajstić information content (AvgIpc) is 3.18. The van der Waals surface area contributed by atoms with Crippen molar-refractivity contribution in [1.29, 1.82) is 0 Å². The fraction of sp³-hybridized carbons (Fsp3) is 0.333. The molecule has 0 radical (unpaired) electrons. The zero-order valence-corrected chi connectivity index (χ0v) is 19.2. The highest BCUT2D eigenvalue weighted by Gasteiger charge is 2.24. The van der Waals surface area contributed by atoms with Crippen LogP contribution in [0.3, 0.4) is 0 Å². The van der Waals surface area contributed by atoms with Gasteiger partial charge in [0.1, 0.15) is 5.75 Å². The lowest BCUT2D eigenvalue weighted by Crippen LogP contribution is -2.19. The molecule has 1 amide bonds. The largest absolute Gasteiger partial charge is 0.494 e. The van der Waals surface area contributed by atoms with E-state index in [1.807, 2.05) is 21.7 Å². The number of anilines is 1. The first-order valence-corrected chi connectivity index (χ1v) is 13.0. The van der Waals surface area contributed by atoms with Gasteiger partial charge in [0.15, 0.2) is 11.6 Å². The number of thiol groups is 1. The summed E-state index contributed by atoms with van der Waals surface area (Å²) in [6, 6.07) is 6.92. The predicted molar refractivity (Wildman–Crippen MR) is 126 cm³/mol. The predicted octanol–water partition coefficient (Wildman–Crippen LogP) is 6.29. The first kappa shape index (κ1) is 22.3. The number of nitrogens with one attached hydrogen (secondary N) is 1. The van der Waals surface area contributed by atoms with Gasteiger partial charge in [-0.3, -0.25) is 9.48 Å². The maximum absolute atomic E-state index is 13.5. The van der Waals surface area contributed by atoms with Crippen molar-refractivity contribution in [3.05, 3.63) is 53.7 Å². The first-order chi connectivity index (χ1) is 15.0. The number of hydrogen-bond acceptors (Lipinski definition) is 6. The van der Waals surface area contributed by atoms with Crippen LogP contribution in [0.2, 0.25) is 0 Å². The van der Waals surface area contributed by atoms with Crippen LogP contribution in [0.1, 0.15) is 42.1 Å². The summed E-state index contributed by atoms with van der Waals surface area (Å²) in [4.78, 5) is 12.5. The van der Waals surface area contributed by atoms with Crippen LogP contribution >= 0.6 is 32.3 Å². The number of benzene rings is 2. The van der Waals surface area contributed by atoms with E-state index in [0.29, 0.717) is 22.7 Å². The van der Waals surface area contributed by atoms with Gasteiger partial charge in [0.05, 0.1) is 24.4 Å². The number of hydrogen-bond donors (Lipinski definition) is 2. The molecule has 31 heavy (non-hydrogen) atoms. The molecule has 0 bridgehead atoms. The van der Waals surface area contributed by atoms with Crippen LogP contribution < -0.4 is 10.1 Å². The molecular formula is C21H21F2N3O2S3. The van der Waals surface area contributed by atoms with Gasteiger partial charge in [-0.1, -0.05) is 22.5 Å². The zero-order chi connectivity index (χ0) is 22.0. The Hall–Kier alpha value is -1.91. The van der Waals surface area contributed by atoms with Gasteiger partial charge >= 0.3 is 0 Å². The molecule has 1 heterocycles. The first-order valence-electron chi connectivity index (χ1n) is 9.78. The van der Waals surface area contributed by atoms with E-state index in [2.05, 4.69) is 17.0 Å². The molecule has 0 spiro atoms. The molecule has 4 rings (SSSR count). The van der Waals surface area contributed by atoms with Crippen molar-refractivity contribution >= 4 is 54.8 Å². The molecule has 0 saturated heterocycles. The standard InChI is InChI=1S/C21H21F2N3O2S3/c1-28-20-10-18-13(11-26(25-18)14-3-5-15(6-4-14)30-31-29)9-19(20)24-21(27)12-2-7-16(22)17(23)8-12/h2,7-11,14-15,29H,3-6H2,1H3,(H,24,27). The second-order valence-corrected chi connectivity index (χ2v) is 10.8. The molecule has 2 aromatic carbocycles. The molecule has 1 fully saturated rings. The zero-order valence-electron chi connectivity index (χ0n) is 16.7. The number of rotatable bonds is 6. The van der Waals surface area contributed by atoms with Crippen LogP contribution in [0.4, 0.5) is 14.5 Å². The van der Waals surface area contributed by atoms with E-state index in [1.54, 1.807) is 12.1 Å². The van der Waals surface area contributed by atoms with Gasteiger partial charge in [0, 0.05) is 28.5 Å². The maximum atomic E-state index is 13.5. The molecule has 5 nitrogen and oxygen atoms in total. The van der Waals surface area contributed by atoms with Crippen LogP contribution in [0.5, 0.6) is 5.75 Å². The number of fused-ring (bicyclic) bond motifs is 1. The highest BCUT2D eigenvalue weighted by molar-refractivity contribution is 9.05. The fourth-order valence-electron chi connectivity index (χ4n) is 3.82. The number of methoxy groups -OCH3 is 1. The average molecular weight is 482 g/mol. The summed E-state index contributed by atoms with van der Waals surface area (Å²) in [6.07, 6.45) is 6.33. The van der Waals surface area contributed by atoms with E-state index in [9.17, 15) is 13.6 Å². The van der Waals surface area contributed by atoms with Crippen LogP contribution in [0, 0.1) is 11.6 Å². The summed E-state index contributed by atoms with van der Waals surface area (Å²) < 4.78 is 34.1. The third-order valence-electron chi connectivity index (χ3n) is 5.47. The van der Waals surface area contributed by atoms with Crippen molar-refractivity contribution in [2.45, 2.75) is 37.0 Å². The highest BCUT2D eigenvalue weighted by Crippen LogP contribution is 2.41. The molecule has 10 heteroatoms. The molecule has 0 atom stereocenters. The molecule has 164 valence electrons. The second kappa shape index (κ2) is 9.70. The maximum Gasteiger partial charge on any atom is 0.255 e. The van der Waals surface area contributed by atoms with Gasteiger partial charge in [-0.25, -0.2) is 8.78 Å². The Labute approximate surface area is 191 Å². The number of amides is 1. The van der Waals surface area contributed by atoms with Gasteiger partial charge in [-0.05, 0) is 59.8 Å². The van der Waals surface area contributed by atoms with Crippen LogP contribution in [0.25, 0.3) is 10.9 Å². The van der Waals surface area contributed by atoms with Crippen molar-refractivity contribution in [2.24, 2.45) is 0 Å². The Bertz CT molecular complexity index is 1100. The Morgan fingerprint density at radius 3 is 2.65 bits per heavy atom. The molecule has 0 aliphatic heterocycles. The van der Waals surface area contributed by atoms with E-state index < -0.39 is 17.5 Å². The van der Waals surface area contributed by atoms with E-state index in [4.69, 9.17) is 9.84 Å². The molecule has 0 unspecified atom stereocenters. The SMILES string of the molecule is COc1cc2nn(C3CCC(SSS)CC3)cc2cc1NC(=O)c1ccc(F)c(F)c1. The lowest BCUT2D eigenvalue weighted by molar-refractivity contribution is 0.102. The lowest BCUT2D eigenvalue weighted by Gasteiger charge is -2.27. The Balaban J connectivity index is 1.55. The lowest BCUT2D eigenvalue weighted by atomic mass is 9.95. The molecule has 1 saturated carbocycles. The summed E-state index contributed by atoms with van der Waals surface area (Å²) in [6.45, 7) is 0. The van der Waals surface area contributed by atoms with Crippen molar-refractivity contribution < 1.29 is 18.3 Å². The molecule has 1 aromatic heterocycles. The number of aromatic nitrogens is 2. The molecular weight excluding hydrogens is 460 g/mol. The molecule has 1 aliphatic rings. The topological polar surface area (TPSA) is 56.1 Å². The van der Waals surface area contributed by atoms with Crippen molar-refractivity contribution in [2.75, 3.05) is 12.4 Å². The van der Waals surface area contributed by atoms with Crippen molar-refractivity contribution in [1.82, 2.24) is 9.78 Å². The smallest absolute Gasteiger partial charge is 0.255 e. The normalized spacial score (nSPS) is 18.8. The van der Waals surface area contributed by atoms with E-state index in [-0.39, 0.29) is 5.56 Å². The number of carbonyl (C=O) groups is 1. The summed E-state index contributed by atoms with van der Waals surface area (Å²) in [7, 11) is 4.84. The third kappa shape index (κ3) is 4.96. The number of halogens is 2. The minimum absolute atomic E-state index is 0.0192. The third-order valence-corrected chi connectivity index (χ3v) is 8.15. The van der Waals surface area contributed by atoms with Gasteiger partial charge in [-0.2, -0.15) is 5.10 Å². The summed E-state index contributed by atoms with van der Waals surface area (Å²) in [5.41, 5.74) is 1.23. The Morgan fingerprint density at radius 2 is 1.97 bits per heavy atom. The van der Waals surface area contributed by atoms with E-state index in [0.717, 1.165) is 48.7 Å². The minimum atomic E-state index is -1.07. The van der Waals surface area contributed by atoms with Gasteiger partial charge in [0.2, 0.25) is 0 Å². The Kier molecular flexibility index (Phi) is 6.98. The van der Waals surface area contributed by atoms with Crippen LogP contribution in [-0.4, -0.2) is 28.0 Å². The second-order valence-electron chi connectivity index (χ2n) is 7.40. The van der Waals surface area contributed by atoms with Gasteiger partial charge in [-0.15, -0.1) is 0 Å². The summed E-state index contributed by atoms with van der Waals surface area (Å²) in [5.74, 6) is -2.18.